The molecule has 0 aliphatic carbocycles. The zero-order valence-electron chi connectivity index (χ0n) is 11.8. The number of sulfonamides is 1. The van der Waals surface area contributed by atoms with Gasteiger partial charge in [-0.15, -0.1) is 0 Å². The Kier molecular flexibility index (Phi) is 4.97. The lowest BCUT2D eigenvalue weighted by atomic mass is 10.0. The summed E-state index contributed by atoms with van der Waals surface area (Å²) in [5, 5.41) is 0. The average Bonchev–Trinajstić information content (AvgIpc) is 2.41. The summed E-state index contributed by atoms with van der Waals surface area (Å²) < 4.78 is 54.3. The van der Waals surface area contributed by atoms with Crippen molar-refractivity contribution in [3.05, 3.63) is 59.7 Å². The van der Waals surface area contributed by atoms with Gasteiger partial charge in [0.15, 0.2) is 0 Å². The lowest BCUT2D eigenvalue weighted by molar-refractivity contribution is -0.0503. The summed E-state index contributed by atoms with van der Waals surface area (Å²) in [5.74, 6) is 0.0258. The SMILES string of the molecule is CS(=O)(=O)Nc1ccc(OC(F)F)c(Cc2ccccc2)c1. The van der Waals surface area contributed by atoms with Crippen molar-refractivity contribution in [3.63, 3.8) is 0 Å². The smallest absolute Gasteiger partial charge is 0.387 e. The third-order valence-corrected chi connectivity index (χ3v) is 3.42. The van der Waals surface area contributed by atoms with Crippen LogP contribution >= 0.6 is 0 Å². The highest BCUT2D eigenvalue weighted by molar-refractivity contribution is 7.92. The van der Waals surface area contributed by atoms with Crippen molar-refractivity contribution < 1.29 is 21.9 Å². The maximum atomic E-state index is 12.5. The number of ether oxygens (including phenoxy) is 1. The molecule has 7 heteroatoms. The summed E-state index contributed by atoms with van der Waals surface area (Å²) in [6, 6.07) is 13.4. The minimum absolute atomic E-state index is 0.0258. The maximum Gasteiger partial charge on any atom is 0.387 e. The predicted octanol–water partition coefficient (Wildman–Crippen LogP) is 3.25. The summed E-state index contributed by atoms with van der Waals surface area (Å²) in [5.41, 5.74) is 1.67. The Morgan fingerprint density at radius 1 is 1.14 bits per heavy atom. The van der Waals surface area contributed by atoms with E-state index in [2.05, 4.69) is 9.46 Å². The maximum absolute atomic E-state index is 12.5. The quantitative estimate of drug-likeness (QED) is 0.886. The standard InChI is InChI=1S/C15H15F2NO3S/c1-22(19,20)18-13-7-8-14(21-15(16)17)12(10-13)9-11-5-3-2-4-6-11/h2-8,10,15,18H,9H2,1H3. The van der Waals surface area contributed by atoms with E-state index in [1.54, 1.807) is 0 Å². The zero-order chi connectivity index (χ0) is 16.2. The Morgan fingerprint density at radius 2 is 1.82 bits per heavy atom. The van der Waals surface area contributed by atoms with Crippen LogP contribution in [-0.2, 0) is 16.4 Å². The molecule has 0 saturated heterocycles. The largest absolute Gasteiger partial charge is 0.435 e. The van der Waals surface area contributed by atoms with Crippen LogP contribution in [-0.4, -0.2) is 21.3 Å². The molecule has 0 radical (unpaired) electrons. The fourth-order valence-electron chi connectivity index (χ4n) is 2.02. The molecular formula is C15H15F2NO3S. The summed E-state index contributed by atoms with van der Waals surface area (Å²) in [7, 11) is -3.44. The number of alkyl halides is 2. The van der Waals surface area contributed by atoms with Crippen molar-refractivity contribution in [3.8, 4) is 5.75 Å². The minimum atomic E-state index is -3.44. The second kappa shape index (κ2) is 6.74. The fourth-order valence-corrected chi connectivity index (χ4v) is 2.58. The van der Waals surface area contributed by atoms with Crippen LogP contribution < -0.4 is 9.46 Å². The Balaban J connectivity index is 2.34. The lowest BCUT2D eigenvalue weighted by Gasteiger charge is -2.13. The third kappa shape index (κ3) is 5.00. The number of benzene rings is 2. The molecule has 0 fully saturated rings. The van der Waals surface area contributed by atoms with Crippen LogP contribution in [0.3, 0.4) is 0 Å². The van der Waals surface area contributed by atoms with Crippen molar-refractivity contribution >= 4 is 15.7 Å². The molecular weight excluding hydrogens is 312 g/mol. The minimum Gasteiger partial charge on any atom is -0.435 e. The number of anilines is 1. The van der Waals surface area contributed by atoms with Gasteiger partial charge in [-0.2, -0.15) is 8.78 Å². The van der Waals surface area contributed by atoms with E-state index in [0.717, 1.165) is 11.8 Å². The summed E-state index contributed by atoms with van der Waals surface area (Å²) in [6.45, 7) is -2.94. The first-order chi connectivity index (χ1) is 10.3. The first-order valence-electron chi connectivity index (χ1n) is 6.43. The van der Waals surface area contributed by atoms with Gasteiger partial charge < -0.3 is 4.74 Å². The Hall–Kier alpha value is -2.15. The van der Waals surface area contributed by atoms with Gasteiger partial charge in [0, 0.05) is 17.7 Å². The first kappa shape index (κ1) is 16.2. The van der Waals surface area contributed by atoms with E-state index in [-0.39, 0.29) is 5.75 Å². The molecule has 2 aromatic rings. The predicted molar refractivity (Wildman–Crippen MR) is 80.8 cm³/mol. The Labute approximate surface area is 127 Å². The molecule has 0 atom stereocenters. The van der Waals surface area contributed by atoms with Gasteiger partial charge in [-0.1, -0.05) is 30.3 Å². The van der Waals surface area contributed by atoms with Crippen LogP contribution in [0.1, 0.15) is 11.1 Å². The van der Waals surface area contributed by atoms with Gasteiger partial charge >= 0.3 is 6.61 Å². The first-order valence-corrected chi connectivity index (χ1v) is 8.32. The van der Waals surface area contributed by atoms with E-state index in [9.17, 15) is 17.2 Å². The van der Waals surface area contributed by atoms with E-state index in [4.69, 9.17) is 0 Å². The van der Waals surface area contributed by atoms with Crippen molar-refractivity contribution in [2.24, 2.45) is 0 Å². The lowest BCUT2D eigenvalue weighted by Crippen LogP contribution is -2.10. The number of halogens is 2. The van der Waals surface area contributed by atoms with Gasteiger partial charge in [-0.25, -0.2) is 8.42 Å². The molecule has 1 N–H and O–H groups in total. The molecule has 118 valence electrons. The van der Waals surface area contributed by atoms with Crippen LogP contribution in [0.5, 0.6) is 5.75 Å². The topological polar surface area (TPSA) is 55.4 Å². The van der Waals surface area contributed by atoms with Crippen LogP contribution in [0.4, 0.5) is 14.5 Å². The Bertz CT molecular complexity index is 734. The third-order valence-electron chi connectivity index (χ3n) is 2.82. The van der Waals surface area contributed by atoms with Crippen LogP contribution in [0.25, 0.3) is 0 Å². The van der Waals surface area contributed by atoms with Crippen LogP contribution in [0.15, 0.2) is 48.5 Å². The van der Waals surface area contributed by atoms with Crippen molar-refractivity contribution in [2.75, 3.05) is 11.0 Å². The molecule has 0 bridgehead atoms. The molecule has 4 nitrogen and oxygen atoms in total. The van der Waals surface area contributed by atoms with E-state index in [1.165, 1.54) is 18.2 Å². The Morgan fingerprint density at radius 3 is 2.41 bits per heavy atom. The number of hydrogen-bond acceptors (Lipinski definition) is 3. The molecule has 2 aromatic carbocycles. The van der Waals surface area contributed by atoms with E-state index in [0.29, 0.717) is 17.7 Å². The molecule has 0 saturated carbocycles. The highest BCUT2D eigenvalue weighted by Gasteiger charge is 2.12. The van der Waals surface area contributed by atoms with Crippen molar-refractivity contribution in [1.29, 1.82) is 0 Å². The molecule has 0 heterocycles. The summed E-state index contributed by atoms with van der Waals surface area (Å²) >= 11 is 0. The normalized spacial score (nSPS) is 11.5. The van der Waals surface area contributed by atoms with E-state index < -0.39 is 16.6 Å². The van der Waals surface area contributed by atoms with Crippen molar-refractivity contribution in [1.82, 2.24) is 0 Å². The fraction of sp³-hybridized carbons (Fsp3) is 0.200. The highest BCUT2D eigenvalue weighted by Crippen LogP contribution is 2.27. The van der Waals surface area contributed by atoms with Gasteiger partial charge in [0.1, 0.15) is 5.75 Å². The van der Waals surface area contributed by atoms with Gasteiger partial charge in [0.25, 0.3) is 0 Å². The monoisotopic (exact) mass is 327 g/mol. The number of nitrogens with one attached hydrogen (secondary N) is 1. The molecule has 2 rings (SSSR count). The number of rotatable bonds is 6. The molecule has 0 amide bonds. The van der Waals surface area contributed by atoms with E-state index in [1.807, 2.05) is 30.3 Å². The zero-order valence-corrected chi connectivity index (χ0v) is 12.6. The van der Waals surface area contributed by atoms with Gasteiger partial charge in [-0.05, 0) is 23.8 Å². The molecule has 0 spiro atoms. The van der Waals surface area contributed by atoms with Crippen LogP contribution in [0.2, 0.25) is 0 Å². The van der Waals surface area contributed by atoms with Gasteiger partial charge in [0.05, 0.1) is 6.26 Å². The van der Waals surface area contributed by atoms with Crippen molar-refractivity contribution in [2.45, 2.75) is 13.0 Å². The molecule has 0 unspecified atom stereocenters. The molecule has 0 aromatic heterocycles. The second-order valence-corrected chi connectivity index (χ2v) is 6.49. The molecule has 0 aliphatic heterocycles. The molecule has 22 heavy (non-hydrogen) atoms. The summed E-state index contributed by atoms with van der Waals surface area (Å²) in [6.07, 6.45) is 1.37. The highest BCUT2D eigenvalue weighted by atomic mass is 32.2. The molecule has 0 aliphatic rings. The number of hydrogen-bond donors (Lipinski definition) is 1. The second-order valence-electron chi connectivity index (χ2n) is 4.74. The van der Waals surface area contributed by atoms with Gasteiger partial charge in [0.2, 0.25) is 10.0 Å². The average molecular weight is 327 g/mol. The summed E-state index contributed by atoms with van der Waals surface area (Å²) in [4.78, 5) is 0. The van der Waals surface area contributed by atoms with E-state index >= 15 is 0 Å². The van der Waals surface area contributed by atoms with Gasteiger partial charge in [-0.3, -0.25) is 4.72 Å². The van der Waals surface area contributed by atoms with Crippen LogP contribution in [0, 0.1) is 0 Å².